The first kappa shape index (κ1) is 9.69. The van der Waals surface area contributed by atoms with Crippen molar-refractivity contribution in [2.24, 2.45) is 5.73 Å². The summed E-state index contributed by atoms with van der Waals surface area (Å²) in [5.74, 6) is 0. The van der Waals surface area contributed by atoms with Crippen LogP contribution in [0.3, 0.4) is 0 Å². The van der Waals surface area contributed by atoms with Crippen LogP contribution in [-0.4, -0.2) is 18.0 Å². The summed E-state index contributed by atoms with van der Waals surface area (Å²) in [5, 5.41) is 0. The van der Waals surface area contributed by atoms with Crippen LogP contribution in [0.5, 0.6) is 0 Å². The summed E-state index contributed by atoms with van der Waals surface area (Å²) in [6.07, 6.45) is 2.37. The van der Waals surface area contributed by atoms with Gasteiger partial charge in [-0.2, -0.15) is 0 Å². The first-order valence-electron chi connectivity index (χ1n) is 5.29. The highest BCUT2D eigenvalue weighted by atomic mass is 15.2. The van der Waals surface area contributed by atoms with E-state index in [4.69, 9.17) is 5.73 Å². The molecule has 0 amide bonds. The van der Waals surface area contributed by atoms with Gasteiger partial charge in [-0.15, -0.1) is 0 Å². The fourth-order valence-corrected chi connectivity index (χ4v) is 2.29. The number of hydrogen-bond donors (Lipinski definition) is 1. The number of likely N-dealkylation sites (N-methyl/N-ethyl adjacent to an activating group) is 1. The van der Waals surface area contributed by atoms with Crippen molar-refractivity contribution >= 4 is 0 Å². The van der Waals surface area contributed by atoms with Crippen molar-refractivity contribution in [2.45, 2.75) is 32.0 Å². The molecule has 2 unspecified atom stereocenters. The second-order valence-corrected chi connectivity index (χ2v) is 4.08. The zero-order chi connectivity index (χ0) is 10.1. The van der Waals surface area contributed by atoms with Gasteiger partial charge in [-0.3, -0.25) is 4.90 Å². The topological polar surface area (TPSA) is 29.3 Å². The number of benzene rings is 1. The Kier molecular flexibility index (Phi) is 2.57. The summed E-state index contributed by atoms with van der Waals surface area (Å²) in [6.45, 7) is 2.22. The summed E-state index contributed by atoms with van der Waals surface area (Å²) < 4.78 is 0. The lowest BCUT2D eigenvalue weighted by Crippen LogP contribution is -2.44. The molecule has 2 nitrogen and oxygen atoms in total. The Balaban J connectivity index is 2.37. The Morgan fingerprint density at radius 2 is 2.14 bits per heavy atom. The first-order chi connectivity index (χ1) is 6.74. The van der Waals surface area contributed by atoms with Gasteiger partial charge in [0.25, 0.3) is 0 Å². The van der Waals surface area contributed by atoms with E-state index in [2.05, 4.69) is 43.1 Å². The van der Waals surface area contributed by atoms with E-state index in [1.165, 1.54) is 17.5 Å². The Morgan fingerprint density at radius 3 is 2.86 bits per heavy atom. The fraction of sp³-hybridized carbons (Fsp3) is 0.500. The molecule has 1 aromatic rings. The van der Waals surface area contributed by atoms with Gasteiger partial charge in [-0.25, -0.2) is 0 Å². The monoisotopic (exact) mass is 190 g/mol. The molecule has 2 atom stereocenters. The first-order valence-corrected chi connectivity index (χ1v) is 5.29. The van der Waals surface area contributed by atoms with Crippen LogP contribution in [0.2, 0.25) is 0 Å². The molecule has 1 aromatic carbocycles. The quantitative estimate of drug-likeness (QED) is 0.733. The molecule has 0 fully saturated rings. The SMILES string of the molecule is CCC1Cc2ccccc2C(N)N1C. The maximum absolute atomic E-state index is 6.18. The molecule has 0 bridgehead atoms. The largest absolute Gasteiger partial charge is 0.312 e. The van der Waals surface area contributed by atoms with E-state index >= 15 is 0 Å². The van der Waals surface area contributed by atoms with Crippen molar-refractivity contribution in [3.63, 3.8) is 0 Å². The predicted molar refractivity (Wildman–Crippen MR) is 58.9 cm³/mol. The zero-order valence-electron chi connectivity index (χ0n) is 8.90. The lowest BCUT2D eigenvalue weighted by molar-refractivity contribution is 0.154. The average molecular weight is 190 g/mol. The lowest BCUT2D eigenvalue weighted by atomic mass is 9.91. The maximum Gasteiger partial charge on any atom is 0.0838 e. The number of nitrogens with zero attached hydrogens (tertiary/aromatic N) is 1. The van der Waals surface area contributed by atoms with Gasteiger partial charge in [0.2, 0.25) is 0 Å². The maximum atomic E-state index is 6.18. The van der Waals surface area contributed by atoms with Crippen molar-refractivity contribution in [1.29, 1.82) is 0 Å². The van der Waals surface area contributed by atoms with Crippen LogP contribution in [0.15, 0.2) is 24.3 Å². The smallest absolute Gasteiger partial charge is 0.0838 e. The van der Waals surface area contributed by atoms with Crippen molar-refractivity contribution < 1.29 is 0 Å². The van der Waals surface area contributed by atoms with E-state index in [0.717, 1.165) is 6.42 Å². The number of nitrogens with two attached hydrogens (primary N) is 1. The molecule has 1 aliphatic heterocycles. The number of fused-ring (bicyclic) bond motifs is 1. The molecule has 1 heterocycles. The summed E-state index contributed by atoms with van der Waals surface area (Å²) in [7, 11) is 2.12. The third-order valence-corrected chi connectivity index (χ3v) is 3.32. The Hall–Kier alpha value is -0.860. The molecule has 2 rings (SSSR count). The van der Waals surface area contributed by atoms with Crippen molar-refractivity contribution in [3.8, 4) is 0 Å². The third kappa shape index (κ3) is 1.45. The van der Waals surface area contributed by atoms with E-state index in [9.17, 15) is 0 Å². The minimum Gasteiger partial charge on any atom is -0.312 e. The molecule has 0 saturated heterocycles. The molecular weight excluding hydrogens is 172 g/mol. The number of hydrogen-bond acceptors (Lipinski definition) is 2. The molecule has 0 aliphatic carbocycles. The molecule has 0 aromatic heterocycles. The van der Waals surface area contributed by atoms with Crippen molar-refractivity contribution in [3.05, 3.63) is 35.4 Å². The Morgan fingerprint density at radius 1 is 1.43 bits per heavy atom. The second kappa shape index (κ2) is 3.71. The van der Waals surface area contributed by atoms with Crippen molar-refractivity contribution in [1.82, 2.24) is 4.90 Å². The van der Waals surface area contributed by atoms with E-state index in [0.29, 0.717) is 6.04 Å². The zero-order valence-corrected chi connectivity index (χ0v) is 8.90. The van der Waals surface area contributed by atoms with Gasteiger partial charge in [-0.1, -0.05) is 31.2 Å². The highest BCUT2D eigenvalue weighted by Crippen LogP contribution is 2.29. The molecule has 14 heavy (non-hydrogen) atoms. The minimum absolute atomic E-state index is 0.0740. The second-order valence-electron chi connectivity index (χ2n) is 4.08. The van der Waals surface area contributed by atoms with E-state index in [1.807, 2.05) is 0 Å². The van der Waals surface area contributed by atoms with Gasteiger partial charge in [0.15, 0.2) is 0 Å². The minimum atomic E-state index is 0.0740. The Labute approximate surface area is 85.7 Å². The summed E-state index contributed by atoms with van der Waals surface area (Å²) in [5.41, 5.74) is 8.89. The van der Waals surface area contributed by atoms with E-state index < -0.39 is 0 Å². The normalized spacial score (nSPS) is 27.4. The van der Waals surface area contributed by atoms with Crippen LogP contribution >= 0.6 is 0 Å². The third-order valence-electron chi connectivity index (χ3n) is 3.32. The fourth-order valence-electron chi connectivity index (χ4n) is 2.29. The van der Waals surface area contributed by atoms with Gasteiger partial charge < -0.3 is 5.73 Å². The molecule has 1 aliphatic rings. The predicted octanol–water partition coefficient (Wildman–Crippen LogP) is 1.91. The van der Waals surface area contributed by atoms with Gasteiger partial charge in [0.1, 0.15) is 0 Å². The standard InChI is InChI=1S/C12H18N2/c1-3-10-8-9-6-4-5-7-11(9)12(13)14(10)2/h4-7,10,12H,3,8,13H2,1-2H3. The molecule has 0 spiro atoms. The van der Waals surface area contributed by atoms with Gasteiger partial charge >= 0.3 is 0 Å². The van der Waals surface area contributed by atoms with Gasteiger partial charge in [-0.05, 0) is 31.0 Å². The van der Waals surface area contributed by atoms with Crippen molar-refractivity contribution in [2.75, 3.05) is 7.05 Å². The number of rotatable bonds is 1. The summed E-state index contributed by atoms with van der Waals surface area (Å²) >= 11 is 0. The highest BCUT2D eigenvalue weighted by molar-refractivity contribution is 5.32. The summed E-state index contributed by atoms with van der Waals surface area (Å²) in [6, 6.07) is 9.11. The summed E-state index contributed by atoms with van der Waals surface area (Å²) in [4.78, 5) is 2.28. The highest BCUT2D eigenvalue weighted by Gasteiger charge is 2.27. The lowest BCUT2D eigenvalue weighted by Gasteiger charge is -2.38. The molecule has 2 N–H and O–H groups in total. The molecule has 0 radical (unpaired) electrons. The van der Waals surface area contributed by atoms with Crippen LogP contribution in [0.25, 0.3) is 0 Å². The van der Waals surface area contributed by atoms with Crippen LogP contribution < -0.4 is 5.73 Å². The van der Waals surface area contributed by atoms with Crippen LogP contribution in [0, 0.1) is 0 Å². The van der Waals surface area contributed by atoms with Crippen LogP contribution in [0.1, 0.15) is 30.6 Å². The molecule has 0 saturated carbocycles. The van der Waals surface area contributed by atoms with Crippen LogP contribution in [0.4, 0.5) is 0 Å². The van der Waals surface area contributed by atoms with Gasteiger partial charge in [0, 0.05) is 6.04 Å². The average Bonchev–Trinajstić information content (AvgIpc) is 2.23. The van der Waals surface area contributed by atoms with Gasteiger partial charge in [0.05, 0.1) is 6.17 Å². The molecule has 76 valence electrons. The van der Waals surface area contributed by atoms with E-state index in [-0.39, 0.29) is 6.17 Å². The van der Waals surface area contributed by atoms with Crippen LogP contribution in [-0.2, 0) is 6.42 Å². The Bertz CT molecular complexity index is 322. The van der Waals surface area contributed by atoms with E-state index in [1.54, 1.807) is 0 Å². The molecule has 2 heteroatoms. The molecular formula is C12H18N2.